The van der Waals surface area contributed by atoms with E-state index >= 15 is 0 Å². The maximum Gasteiger partial charge on any atom is 0.191 e. The molecule has 1 fully saturated rings. The van der Waals surface area contributed by atoms with Gasteiger partial charge in [-0.05, 0) is 50.3 Å². The molecule has 0 amide bonds. The Morgan fingerprint density at radius 1 is 1.32 bits per heavy atom. The van der Waals surface area contributed by atoms with Gasteiger partial charge in [-0.25, -0.2) is 0 Å². The predicted octanol–water partition coefficient (Wildman–Crippen LogP) is 3.18. The standard InChI is InChI=1S/C18H28ClN3O2S/c1-14(24-16-6-4-15(19)5-7-16)12-21-17(20-2)22-13-18(25-3)8-10-23-11-9-18/h4-7,14H,8-13H2,1-3H3,(H2,20,21,22). The minimum Gasteiger partial charge on any atom is -0.489 e. The number of thioether (sulfide) groups is 1. The number of rotatable bonds is 7. The topological polar surface area (TPSA) is 54.9 Å². The van der Waals surface area contributed by atoms with Crippen LogP contribution in [0.15, 0.2) is 29.3 Å². The van der Waals surface area contributed by atoms with E-state index in [4.69, 9.17) is 21.1 Å². The van der Waals surface area contributed by atoms with Crippen molar-refractivity contribution in [3.05, 3.63) is 29.3 Å². The third-order valence-electron chi connectivity index (χ3n) is 4.35. The second-order valence-electron chi connectivity index (χ2n) is 6.19. The van der Waals surface area contributed by atoms with Gasteiger partial charge in [-0.1, -0.05) is 11.6 Å². The normalized spacial score (nSPS) is 18.5. The number of guanidine groups is 1. The molecule has 0 aliphatic carbocycles. The summed E-state index contributed by atoms with van der Waals surface area (Å²) < 4.78 is 11.6. The summed E-state index contributed by atoms with van der Waals surface area (Å²) in [7, 11) is 1.79. The van der Waals surface area contributed by atoms with Crippen LogP contribution in [0, 0.1) is 0 Å². The molecule has 0 aromatic heterocycles. The molecule has 1 aliphatic heterocycles. The average Bonchev–Trinajstić information content (AvgIpc) is 2.64. The van der Waals surface area contributed by atoms with E-state index in [9.17, 15) is 0 Å². The lowest BCUT2D eigenvalue weighted by Gasteiger charge is -2.36. The van der Waals surface area contributed by atoms with Crippen molar-refractivity contribution in [2.45, 2.75) is 30.6 Å². The molecule has 25 heavy (non-hydrogen) atoms. The average molecular weight is 386 g/mol. The Morgan fingerprint density at radius 2 is 2.00 bits per heavy atom. The maximum absolute atomic E-state index is 5.89. The molecule has 1 saturated heterocycles. The fourth-order valence-corrected chi connectivity index (χ4v) is 3.61. The van der Waals surface area contributed by atoms with Crippen LogP contribution < -0.4 is 15.4 Å². The minimum atomic E-state index is 0.0114. The molecule has 1 heterocycles. The van der Waals surface area contributed by atoms with E-state index in [1.165, 1.54) is 0 Å². The Hall–Kier alpha value is -1.11. The molecule has 2 rings (SSSR count). The molecule has 5 nitrogen and oxygen atoms in total. The Balaban J connectivity index is 1.76. The van der Waals surface area contributed by atoms with Gasteiger partial charge in [0.2, 0.25) is 0 Å². The maximum atomic E-state index is 5.89. The molecule has 0 saturated carbocycles. The van der Waals surface area contributed by atoms with Gasteiger partial charge in [0.05, 0.1) is 6.54 Å². The van der Waals surface area contributed by atoms with Gasteiger partial charge in [-0.2, -0.15) is 11.8 Å². The van der Waals surface area contributed by atoms with Crippen LogP contribution >= 0.6 is 23.4 Å². The molecule has 0 spiro atoms. The lowest BCUT2D eigenvalue weighted by atomic mass is 9.99. The van der Waals surface area contributed by atoms with Crippen LogP contribution in [-0.2, 0) is 4.74 Å². The summed E-state index contributed by atoms with van der Waals surface area (Å²) >= 11 is 7.80. The predicted molar refractivity (Wildman–Crippen MR) is 107 cm³/mol. The number of nitrogens with zero attached hydrogens (tertiary/aromatic N) is 1. The molecule has 0 bridgehead atoms. The Bertz CT molecular complexity index is 548. The number of hydrogen-bond donors (Lipinski definition) is 2. The molecule has 1 unspecified atom stereocenters. The molecule has 2 N–H and O–H groups in total. The summed E-state index contributed by atoms with van der Waals surface area (Å²) in [4.78, 5) is 4.31. The molecule has 7 heteroatoms. The zero-order valence-electron chi connectivity index (χ0n) is 15.2. The largest absolute Gasteiger partial charge is 0.489 e. The molecule has 0 radical (unpaired) electrons. The first-order valence-electron chi connectivity index (χ1n) is 8.56. The van der Waals surface area contributed by atoms with Gasteiger partial charge in [0.25, 0.3) is 0 Å². The Morgan fingerprint density at radius 3 is 2.60 bits per heavy atom. The van der Waals surface area contributed by atoms with Crippen molar-refractivity contribution in [3.63, 3.8) is 0 Å². The lowest BCUT2D eigenvalue weighted by Crippen LogP contribution is -2.49. The van der Waals surface area contributed by atoms with Crippen molar-refractivity contribution < 1.29 is 9.47 Å². The first-order chi connectivity index (χ1) is 12.1. The van der Waals surface area contributed by atoms with E-state index in [1.54, 1.807) is 7.05 Å². The van der Waals surface area contributed by atoms with E-state index < -0.39 is 0 Å². The number of halogens is 1. The van der Waals surface area contributed by atoms with Crippen molar-refractivity contribution in [3.8, 4) is 5.75 Å². The zero-order chi connectivity index (χ0) is 18.1. The molecule has 1 atom stereocenters. The fourth-order valence-electron chi connectivity index (χ4n) is 2.69. The summed E-state index contributed by atoms with van der Waals surface area (Å²) in [6.07, 6.45) is 4.31. The lowest BCUT2D eigenvalue weighted by molar-refractivity contribution is 0.0782. The van der Waals surface area contributed by atoms with E-state index in [-0.39, 0.29) is 10.9 Å². The molecular weight excluding hydrogens is 358 g/mol. The van der Waals surface area contributed by atoms with E-state index in [2.05, 4.69) is 21.9 Å². The fraction of sp³-hybridized carbons (Fsp3) is 0.611. The van der Waals surface area contributed by atoms with E-state index in [0.717, 1.165) is 44.3 Å². The second-order valence-corrected chi connectivity index (χ2v) is 7.90. The monoisotopic (exact) mass is 385 g/mol. The van der Waals surface area contributed by atoms with E-state index in [0.29, 0.717) is 11.6 Å². The smallest absolute Gasteiger partial charge is 0.191 e. The summed E-state index contributed by atoms with van der Waals surface area (Å²) in [5.41, 5.74) is 0. The summed E-state index contributed by atoms with van der Waals surface area (Å²) in [6, 6.07) is 7.40. The third kappa shape index (κ3) is 6.60. The Kier molecular flexibility index (Phi) is 8.19. The molecule has 1 aliphatic rings. The van der Waals surface area contributed by atoms with Crippen LogP contribution in [0.5, 0.6) is 5.75 Å². The molecule has 1 aromatic carbocycles. The van der Waals surface area contributed by atoms with Crippen LogP contribution in [0.4, 0.5) is 0 Å². The van der Waals surface area contributed by atoms with Gasteiger partial charge in [-0.3, -0.25) is 4.99 Å². The summed E-state index contributed by atoms with van der Waals surface area (Å²) in [6.45, 7) is 5.24. The zero-order valence-corrected chi connectivity index (χ0v) is 16.8. The van der Waals surface area contributed by atoms with E-state index in [1.807, 2.05) is 43.0 Å². The van der Waals surface area contributed by atoms with Gasteiger partial charge in [0.15, 0.2) is 5.96 Å². The van der Waals surface area contributed by atoms with Crippen molar-refractivity contribution >= 4 is 29.3 Å². The number of ether oxygens (including phenoxy) is 2. The first kappa shape index (κ1) is 20.2. The highest BCUT2D eigenvalue weighted by Gasteiger charge is 2.31. The van der Waals surface area contributed by atoms with Crippen molar-refractivity contribution in [1.82, 2.24) is 10.6 Å². The second kappa shape index (κ2) is 10.1. The summed E-state index contributed by atoms with van der Waals surface area (Å²) in [5.74, 6) is 1.61. The van der Waals surface area contributed by atoms with Crippen molar-refractivity contribution in [2.24, 2.45) is 4.99 Å². The van der Waals surface area contributed by atoms with Gasteiger partial charge in [0, 0.05) is 36.6 Å². The van der Waals surface area contributed by atoms with Crippen LogP contribution in [-0.4, -0.2) is 56.4 Å². The highest BCUT2D eigenvalue weighted by atomic mass is 35.5. The summed E-state index contributed by atoms with van der Waals surface area (Å²) in [5, 5.41) is 7.48. The molecular formula is C18H28ClN3O2S. The highest BCUT2D eigenvalue weighted by Crippen LogP contribution is 2.32. The Labute approximate surface area is 159 Å². The molecule has 140 valence electrons. The van der Waals surface area contributed by atoms with Crippen LogP contribution in [0.25, 0.3) is 0 Å². The number of aliphatic imine (C=N–C) groups is 1. The third-order valence-corrected chi connectivity index (χ3v) is 6.02. The van der Waals surface area contributed by atoms with Gasteiger partial charge in [-0.15, -0.1) is 0 Å². The van der Waals surface area contributed by atoms with Crippen molar-refractivity contribution in [1.29, 1.82) is 0 Å². The number of benzene rings is 1. The minimum absolute atomic E-state index is 0.0114. The highest BCUT2D eigenvalue weighted by molar-refractivity contribution is 8.00. The van der Waals surface area contributed by atoms with Crippen LogP contribution in [0.1, 0.15) is 19.8 Å². The van der Waals surface area contributed by atoms with Crippen LogP contribution in [0.2, 0.25) is 5.02 Å². The van der Waals surface area contributed by atoms with Gasteiger partial charge >= 0.3 is 0 Å². The first-order valence-corrected chi connectivity index (χ1v) is 10.2. The SMILES string of the molecule is CN=C(NCC(C)Oc1ccc(Cl)cc1)NCC1(SC)CCOCC1. The number of hydrogen-bond acceptors (Lipinski definition) is 4. The van der Waals surface area contributed by atoms with Crippen molar-refractivity contribution in [2.75, 3.05) is 39.6 Å². The molecule has 1 aromatic rings. The van der Waals surface area contributed by atoms with Gasteiger partial charge in [0.1, 0.15) is 11.9 Å². The van der Waals surface area contributed by atoms with Crippen LogP contribution in [0.3, 0.4) is 0 Å². The quantitative estimate of drug-likeness (QED) is 0.557. The number of nitrogens with one attached hydrogen (secondary N) is 2. The van der Waals surface area contributed by atoms with Gasteiger partial charge < -0.3 is 20.1 Å².